The van der Waals surface area contributed by atoms with Gasteiger partial charge in [0.05, 0.1) is 11.3 Å². The number of hydrogen-bond donors (Lipinski definition) is 1. The van der Waals surface area contributed by atoms with Gasteiger partial charge in [0.25, 0.3) is 15.6 Å². The van der Waals surface area contributed by atoms with Crippen LogP contribution >= 0.6 is 34.8 Å². The number of para-hydroxylation sites is 1. The number of amides is 2. The summed E-state index contributed by atoms with van der Waals surface area (Å²) in [6, 6.07) is 6.75. The molecule has 0 bridgehead atoms. The molecule has 2 amide bonds. The van der Waals surface area contributed by atoms with Crippen LogP contribution in [0.1, 0.15) is 36.0 Å². The molecule has 120 valence electrons. The summed E-state index contributed by atoms with van der Waals surface area (Å²) in [7, 11) is 0. The molecule has 1 fully saturated rings. The van der Waals surface area contributed by atoms with E-state index in [1.165, 1.54) is 0 Å². The fourth-order valence-corrected chi connectivity index (χ4v) is 2.56. The molecule has 1 aliphatic heterocycles. The molecule has 7 heteroatoms. The van der Waals surface area contributed by atoms with Crippen molar-refractivity contribution < 1.29 is 9.59 Å². The first kappa shape index (κ1) is 17.4. The Hall–Kier alpha value is -0.970. The van der Waals surface area contributed by atoms with Crippen LogP contribution in [-0.2, 0) is 4.79 Å². The van der Waals surface area contributed by atoms with Gasteiger partial charge in [-0.2, -0.15) is 0 Å². The van der Waals surface area contributed by atoms with Crippen LogP contribution in [0, 0.1) is 0 Å². The van der Waals surface area contributed by atoms with Gasteiger partial charge in [0.2, 0.25) is 0 Å². The topological polar surface area (TPSA) is 49.4 Å². The molecule has 0 spiro atoms. The number of nitrogens with one attached hydrogen (secondary N) is 1. The fraction of sp³-hybridized carbons (Fsp3) is 0.467. The van der Waals surface area contributed by atoms with Gasteiger partial charge in [0.1, 0.15) is 0 Å². The number of nitrogens with zero attached hydrogens (tertiary/aromatic N) is 1. The summed E-state index contributed by atoms with van der Waals surface area (Å²) in [4.78, 5) is 26.3. The van der Waals surface area contributed by atoms with Crippen molar-refractivity contribution >= 4 is 52.3 Å². The predicted molar refractivity (Wildman–Crippen MR) is 89.7 cm³/mol. The van der Waals surface area contributed by atoms with Crippen molar-refractivity contribution in [1.29, 1.82) is 0 Å². The largest absolute Gasteiger partial charge is 0.339 e. The number of halogens is 3. The summed E-state index contributed by atoms with van der Waals surface area (Å²) >= 11 is 16.7. The molecule has 0 unspecified atom stereocenters. The molecular formula is C15H17Cl3N2O2. The van der Waals surface area contributed by atoms with Gasteiger partial charge in [-0.25, -0.2) is 0 Å². The Morgan fingerprint density at radius 3 is 2.18 bits per heavy atom. The van der Waals surface area contributed by atoms with E-state index in [-0.39, 0.29) is 5.91 Å². The highest BCUT2D eigenvalue weighted by molar-refractivity contribution is 6.76. The van der Waals surface area contributed by atoms with Crippen molar-refractivity contribution in [2.24, 2.45) is 0 Å². The van der Waals surface area contributed by atoms with Crippen LogP contribution < -0.4 is 5.32 Å². The van der Waals surface area contributed by atoms with Crippen LogP contribution in [0.15, 0.2) is 24.3 Å². The Balaban J connectivity index is 2.20. The molecule has 1 aromatic carbocycles. The van der Waals surface area contributed by atoms with Gasteiger partial charge in [0.15, 0.2) is 0 Å². The van der Waals surface area contributed by atoms with E-state index in [9.17, 15) is 9.59 Å². The SMILES string of the molecule is O=C(c1ccccc1NC(=O)C(Cl)(Cl)Cl)N1CCCCCC1. The van der Waals surface area contributed by atoms with Crippen molar-refractivity contribution in [3.05, 3.63) is 29.8 Å². The Morgan fingerprint density at radius 1 is 1.00 bits per heavy atom. The maximum absolute atomic E-state index is 12.7. The molecule has 22 heavy (non-hydrogen) atoms. The van der Waals surface area contributed by atoms with Gasteiger partial charge < -0.3 is 10.2 Å². The second kappa shape index (κ2) is 7.53. The molecule has 1 aliphatic rings. The van der Waals surface area contributed by atoms with Crippen molar-refractivity contribution in [3.8, 4) is 0 Å². The molecule has 0 aromatic heterocycles. The zero-order valence-electron chi connectivity index (χ0n) is 11.9. The smallest absolute Gasteiger partial charge is 0.276 e. The van der Waals surface area contributed by atoms with Gasteiger partial charge in [-0.15, -0.1) is 0 Å². The molecule has 1 N–H and O–H groups in total. The van der Waals surface area contributed by atoms with E-state index < -0.39 is 9.70 Å². The minimum absolute atomic E-state index is 0.109. The summed E-state index contributed by atoms with van der Waals surface area (Å²) < 4.78 is -2.07. The van der Waals surface area contributed by atoms with Crippen LogP contribution in [0.5, 0.6) is 0 Å². The lowest BCUT2D eigenvalue weighted by atomic mass is 10.1. The molecular weight excluding hydrogens is 347 g/mol. The van der Waals surface area contributed by atoms with E-state index in [1.54, 1.807) is 24.3 Å². The van der Waals surface area contributed by atoms with E-state index in [0.29, 0.717) is 11.3 Å². The van der Waals surface area contributed by atoms with Gasteiger partial charge in [-0.05, 0) is 25.0 Å². The number of likely N-dealkylation sites (tertiary alicyclic amines) is 1. The molecule has 0 saturated carbocycles. The Kier molecular flexibility index (Phi) is 5.95. The summed E-state index contributed by atoms with van der Waals surface area (Å²) in [5.74, 6) is -0.893. The fourth-order valence-electron chi connectivity index (χ4n) is 2.42. The van der Waals surface area contributed by atoms with E-state index in [0.717, 1.165) is 38.8 Å². The van der Waals surface area contributed by atoms with E-state index in [4.69, 9.17) is 34.8 Å². The van der Waals surface area contributed by atoms with E-state index in [2.05, 4.69) is 5.32 Å². The first-order chi connectivity index (χ1) is 10.4. The third kappa shape index (κ3) is 4.51. The quantitative estimate of drug-likeness (QED) is 0.807. The number of rotatable bonds is 2. The van der Waals surface area contributed by atoms with Gasteiger partial charge in [-0.1, -0.05) is 59.8 Å². The highest BCUT2D eigenvalue weighted by Gasteiger charge is 2.31. The lowest BCUT2D eigenvalue weighted by Crippen LogP contribution is -2.33. The number of benzene rings is 1. The third-order valence-electron chi connectivity index (χ3n) is 3.56. The van der Waals surface area contributed by atoms with Gasteiger partial charge >= 0.3 is 0 Å². The maximum Gasteiger partial charge on any atom is 0.276 e. The van der Waals surface area contributed by atoms with Crippen LogP contribution in [-0.4, -0.2) is 33.6 Å². The molecule has 1 aromatic rings. The van der Waals surface area contributed by atoms with Crippen LogP contribution in [0.3, 0.4) is 0 Å². The molecule has 0 radical (unpaired) electrons. The minimum Gasteiger partial charge on any atom is -0.339 e. The number of alkyl halides is 3. The Morgan fingerprint density at radius 2 is 1.59 bits per heavy atom. The van der Waals surface area contributed by atoms with Crippen LogP contribution in [0.2, 0.25) is 0 Å². The Labute approximate surface area is 144 Å². The third-order valence-corrected chi connectivity index (χ3v) is 4.07. The predicted octanol–water partition coefficient (Wildman–Crippen LogP) is 4.01. The second-order valence-electron chi connectivity index (χ2n) is 5.20. The molecule has 0 aliphatic carbocycles. The first-order valence-electron chi connectivity index (χ1n) is 7.16. The normalized spacial score (nSPS) is 16.0. The highest BCUT2D eigenvalue weighted by atomic mass is 35.6. The molecule has 0 atom stereocenters. The van der Waals surface area contributed by atoms with Gasteiger partial charge in [-0.3, -0.25) is 9.59 Å². The van der Waals surface area contributed by atoms with Crippen molar-refractivity contribution in [2.45, 2.75) is 29.5 Å². The van der Waals surface area contributed by atoms with Crippen LogP contribution in [0.4, 0.5) is 5.69 Å². The number of carbonyl (C=O) groups is 2. The lowest BCUT2D eigenvalue weighted by Gasteiger charge is -2.22. The highest BCUT2D eigenvalue weighted by Crippen LogP contribution is 2.29. The van der Waals surface area contributed by atoms with E-state index in [1.807, 2.05) is 4.90 Å². The van der Waals surface area contributed by atoms with Crippen molar-refractivity contribution in [2.75, 3.05) is 18.4 Å². The maximum atomic E-state index is 12.7. The molecule has 1 saturated heterocycles. The average molecular weight is 364 g/mol. The lowest BCUT2D eigenvalue weighted by molar-refractivity contribution is -0.115. The zero-order valence-corrected chi connectivity index (χ0v) is 14.2. The molecule has 1 heterocycles. The molecule has 4 nitrogen and oxygen atoms in total. The Bertz CT molecular complexity index is 550. The summed E-state index contributed by atoms with van der Waals surface area (Å²) in [5.41, 5.74) is 0.764. The second-order valence-corrected chi connectivity index (χ2v) is 7.49. The van der Waals surface area contributed by atoms with Crippen LogP contribution in [0.25, 0.3) is 0 Å². The number of anilines is 1. The number of carbonyl (C=O) groups excluding carboxylic acids is 2. The van der Waals surface area contributed by atoms with Gasteiger partial charge in [0, 0.05) is 13.1 Å². The minimum atomic E-state index is -2.07. The standard InChI is InChI=1S/C15H17Cl3N2O2/c16-15(17,18)14(22)19-12-8-4-3-7-11(12)13(21)20-9-5-1-2-6-10-20/h3-4,7-8H,1-2,5-6,9-10H2,(H,19,22). The first-order valence-corrected chi connectivity index (χ1v) is 8.29. The molecule has 2 rings (SSSR count). The van der Waals surface area contributed by atoms with Crippen molar-refractivity contribution in [3.63, 3.8) is 0 Å². The monoisotopic (exact) mass is 362 g/mol. The average Bonchev–Trinajstić information content (AvgIpc) is 2.75. The van der Waals surface area contributed by atoms with Crippen molar-refractivity contribution in [1.82, 2.24) is 4.90 Å². The number of hydrogen-bond acceptors (Lipinski definition) is 2. The summed E-state index contributed by atoms with van der Waals surface area (Å²) in [6.45, 7) is 1.46. The zero-order chi connectivity index (χ0) is 16.2. The summed E-state index contributed by atoms with van der Waals surface area (Å²) in [6.07, 6.45) is 4.26. The summed E-state index contributed by atoms with van der Waals surface area (Å²) in [5, 5.41) is 2.50. The van der Waals surface area contributed by atoms with E-state index >= 15 is 0 Å².